The second-order valence-electron chi connectivity index (χ2n) is 3.38. The molecule has 0 radical (unpaired) electrons. The molecule has 0 aromatic carbocycles. The second-order valence-corrected chi connectivity index (χ2v) is 3.81. The Balaban J connectivity index is 2.39. The Bertz CT molecular complexity index is 261. The van der Waals surface area contributed by atoms with E-state index in [2.05, 4.69) is 29.1 Å². The van der Waals surface area contributed by atoms with Crippen LogP contribution in [0.2, 0.25) is 5.02 Å². The van der Waals surface area contributed by atoms with Crippen LogP contribution in [-0.2, 0) is 6.42 Å². The SMILES string of the molecule is CCCNC(C)Cc1ncc(Cl)cn1. The Labute approximate surface area is 89.9 Å². The Morgan fingerprint density at radius 2 is 2.07 bits per heavy atom. The average molecular weight is 214 g/mol. The van der Waals surface area contributed by atoms with Crippen LogP contribution in [0.3, 0.4) is 0 Å². The highest BCUT2D eigenvalue weighted by molar-refractivity contribution is 6.30. The molecule has 0 aliphatic rings. The number of aromatic nitrogens is 2. The zero-order chi connectivity index (χ0) is 10.4. The lowest BCUT2D eigenvalue weighted by Crippen LogP contribution is -2.29. The molecule has 4 heteroatoms. The first-order valence-corrected chi connectivity index (χ1v) is 5.30. The van der Waals surface area contributed by atoms with Crippen molar-refractivity contribution >= 4 is 11.6 Å². The molecular weight excluding hydrogens is 198 g/mol. The van der Waals surface area contributed by atoms with Crippen LogP contribution in [0.15, 0.2) is 12.4 Å². The fourth-order valence-corrected chi connectivity index (χ4v) is 1.28. The fourth-order valence-electron chi connectivity index (χ4n) is 1.18. The lowest BCUT2D eigenvalue weighted by Gasteiger charge is -2.11. The van der Waals surface area contributed by atoms with Crippen molar-refractivity contribution in [2.45, 2.75) is 32.7 Å². The highest BCUT2D eigenvalue weighted by Crippen LogP contribution is 2.04. The molecule has 0 aliphatic carbocycles. The van der Waals surface area contributed by atoms with Crippen molar-refractivity contribution < 1.29 is 0 Å². The highest BCUT2D eigenvalue weighted by Gasteiger charge is 2.04. The Hall–Kier alpha value is -0.670. The molecule has 0 saturated carbocycles. The van der Waals surface area contributed by atoms with Gasteiger partial charge in [-0.2, -0.15) is 0 Å². The summed E-state index contributed by atoms with van der Waals surface area (Å²) >= 11 is 5.69. The number of nitrogens with one attached hydrogen (secondary N) is 1. The predicted molar refractivity (Wildman–Crippen MR) is 58.5 cm³/mol. The van der Waals surface area contributed by atoms with Crippen molar-refractivity contribution in [1.82, 2.24) is 15.3 Å². The van der Waals surface area contributed by atoms with Gasteiger partial charge >= 0.3 is 0 Å². The molecule has 1 unspecified atom stereocenters. The summed E-state index contributed by atoms with van der Waals surface area (Å²) in [6.45, 7) is 5.32. The maximum Gasteiger partial charge on any atom is 0.129 e. The molecule has 1 rings (SSSR count). The van der Waals surface area contributed by atoms with Crippen LogP contribution in [0.25, 0.3) is 0 Å². The number of halogens is 1. The van der Waals surface area contributed by atoms with Gasteiger partial charge in [0.25, 0.3) is 0 Å². The Morgan fingerprint density at radius 3 is 2.64 bits per heavy atom. The molecule has 78 valence electrons. The van der Waals surface area contributed by atoms with Crippen molar-refractivity contribution in [2.24, 2.45) is 0 Å². The van der Waals surface area contributed by atoms with Crippen molar-refractivity contribution in [2.75, 3.05) is 6.54 Å². The topological polar surface area (TPSA) is 37.8 Å². The third-order valence-corrected chi connectivity index (χ3v) is 2.10. The maximum absolute atomic E-state index is 5.69. The van der Waals surface area contributed by atoms with E-state index in [0.717, 1.165) is 25.2 Å². The quantitative estimate of drug-likeness (QED) is 0.814. The Morgan fingerprint density at radius 1 is 1.43 bits per heavy atom. The van der Waals surface area contributed by atoms with Gasteiger partial charge in [0.1, 0.15) is 5.82 Å². The van der Waals surface area contributed by atoms with Gasteiger partial charge < -0.3 is 5.32 Å². The monoisotopic (exact) mass is 213 g/mol. The van der Waals surface area contributed by atoms with Gasteiger partial charge in [0.05, 0.1) is 5.02 Å². The van der Waals surface area contributed by atoms with Gasteiger partial charge in [-0.15, -0.1) is 0 Å². The van der Waals surface area contributed by atoms with Gasteiger partial charge in [0.15, 0.2) is 0 Å². The Kier molecular flexibility index (Phi) is 4.84. The van der Waals surface area contributed by atoms with E-state index in [1.54, 1.807) is 12.4 Å². The van der Waals surface area contributed by atoms with Crippen LogP contribution in [0.4, 0.5) is 0 Å². The first kappa shape index (κ1) is 11.4. The summed E-state index contributed by atoms with van der Waals surface area (Å²) in [6, 6.07) is 0.413. The van der Waals surface area contributed by atoms with Gasteiger partial charge in [0.2, 0.25) is 0 Å². The van der Waals surface area contributed by atoms with Crippen LogP contribution in [-0.4, -0.2) is 22.6 Å². The smallest absolute Gasteiger partial charge is 0.129 e. The molecule has 0 bridgehead atoms. The van der Waals surface area contributed by atoms with Crippen molar-refractivity contribution in [3.63, 3.8) is 0 Å². The van der Waals surface area contributed by atoms with Crippen molar-refractivity contribution in [3.8, 4) is 0 Å². The minimum absolute atomic E-state index is 0.413. The highest BCUT2D eigenvalue weighted by atomic mass is 35.5. The van der Waals surface area contributed by atoms with Gasteiger partial charge in [-0.3, -0.25) is 0 Å². The molecule has 14 heavy (non-hydrogen) atoms. The van der Waals surface area contributed by atoms with E-state index < -0.39 is 0 Å². The third-order valence-electron chi connectivity index (χ3n) is 1.91. The average Bonchev–Trinajstić information content (AvgIpc) is 2.18. The molecule has 1 atom stereocenters. The van der Waals surface area contributed by atoms with E-state index in [0.29, 0.717) is 11.1 Å². The summed E-state index contributed by atoms with van der Waals surface area (Å²) in [5, 5.41) is 3.97. The van der Waals surface area contributed by atoms with Gasteiger partial charge in [-0.25, -0.2) is 9.97 Å². The first-order valence-electron chi connectivity index (χ1n) is 4.92. The van der Waals surface area contributed by atoms with E-state index in [1.807, 2.05) is 0 Å². The van der Waals surface area contributed by atoms with Crippen LogP contribution in [0.5, 0.6) is 0 Å². The van der Waals surface area contributed by atoms with Gasteiger partial charge in [-0.05, 0) is 19.9 Å². The molecular formula is C10H16ClN3. The van der Waals surface area contributed by atoms with Crippen LogP contribution >= 0.6 is 11.6 Å². The normalized spacial score (nSPS) is 12.8. The van der Waals surface area contributed by atoms with E-state index in [-0.39, 0.29) is 0 Å². The predicted octanol–water partition coefficient (Wildman–Crippen LogP) is 2.06. The van der Waals surface area contributed by atoms with Crippen molar-refractivity contribution in [1.29, 1.82) is 0 Å². The summed E-state index contributed by atoms with van der Waals surface area (Å²) < 4.78 is 0. The number of hydrogen-bond acceptors (Lipinski definition) is 3. The van der Waals surface area contributed by atoms with Gasteiger partial charge in [0, 0.05) is 24.9 Å². The summed E-state index contributed by atoms with van der Waals surface area (Å²) in [5.41, 5.74) is 0. The standard InChI is InChI=1S/C10H16ClN3/c1-3-4-12-8(2)5-10-13-6-9(11)7-14-10/h6-8,12H,3-5H2,1-2H3. The van der Waals surface area contributed by atoms with E-state index in [4.69, 9.17) is 11.6 Å². The zero-order valence-electron chi connectivity index (χ0n) is 8.63. The minimum Gasteiger partial charge on any atom is -0.314 e. The van der Waals surface area contributed by atoms with Crippen molar-refractivity contribution in [3.05, 3.63) is 23.2 Å². The molecule has 1 aromatic rings. The fraction of sp³-hybridized carbons (Fsp3) is 0.600. The van der Waals surface area contributed by atoms with E-state index >= 15 is 0 Å². The molecule has 0 fully saturated rings. The van der Waals surface area contributed by atoms with Crippen LogP contribution in [0, 0.1) is 0 Å². The van der Waals surface area contributed by atoms with Crippen LogP contribution < -0.4 is 5.32 Å². The maximum atomic E-state index is 5.69. The molecule has 0 saturated heterocycles. The second kappa shape index (κ2) is 5.94. The number of rotatable bonds is 5. The number of nitrogens with zero attached hydrogens (tertiary/aromatic N) is 2. The molecule has 1 heterocycles. The summed E-state index contributed by atoms with van der Waals surface area (Å²) in [4.78, 5) is 8.29. The lowest BCUT2D eigenvalue weighted by molar-refractivity contribution is 0.532. The van der Waals surface area contributed by atoms with Crippen LogP contribution in [0.1, 0.15) is 26.1 Å². The summed E-state index contributed by atoms with van der Waals surface area (Å²) in [6.07, 6.45) is 5.26. The molecule has 0 spiro atoms. The number of hydrogen-bond donors (Lipinski definition) is 1. The molecule has 0 aliphatic heterocycles. The molecule has 1 N–H and O–H groups in total. The largest absolute Gasteiger partial charge is 0.314 e. The first-order chi connectivity index (χ1) is 6.72. The molecule has 3 nitrogen and oxygen atoms in total. The van der Waals surface area contributed by atoms with E-state index in [9.17, 15) is 0 Å². The molecule has 0 amide bonds. The minimum atomic E-state index is 0.413. The summed E-state index contributed by atoms with van der Waals surface area (Å²) in [5.74, 6) is 0.838. The lowest BCUT2D eigenvalue weighted by atomic mass is 10.2. The summed E-state index contributed by atoms with van der Waals surface area (Å²) in [7, 11) is 0. The van der Waals surface area contributed by atoms with Gasteiger partial charge in [-0.1, -0.05) is 18.5 Å². The molecule has 1 aromatic heterocycles. The zero-order valence-corrected chi connectivity index (χ0v) is 9.38. The van der Waals surface area contributed by atoms with E-state index in [1.165, 1.54) is 0 Å². The third kappa shape index (κ3) is 4.03.